The minimum absolute atomic E-state index is 0.870. The summed E-state index contributed by atoms with van der Waals surface area (Å²) in [6, 6.07) is 18.4. The smallest absolute Gasteiger partial charge is 0.0253 e. The molecule has 0 radical (unpaired) electrons. The largest absolute Gasteiger partial charge is 0.298 e. The van der Waals surface area contributed by atoms with Crippen LogP contribution in [-0.2, 0) is 6.54 Å². The molecule has 0 aromatic heterocycles. The number of halogens is 1. The molecule has 3 heteroatoms. The molecule has 2 nitrogen and oxygen atoms in total. The van der Waals surface area contributed by atoms with Crippen molar-refractivity contribution in [1.82, 2.24) is 9.80 Å². The lowest BCUT2D eigenvalue weighted by molar-refractivity contribution is 0.0755. The number of nitrogens with zero attached hydrogens (tertiary/aromatic N) is 2. The summed E-state index contributed by atoms with van der Waals surface area (Å²) in [6.07, 6.45) is 7.18. The highest BCUT2D eigenvalue weighted by Gasteiger charge is 2.24. The lowest BCUT2D eigenvalue weighted by atomic mass is 9.94. The second kappa shape index (κ2) is 8.69. The zero-order valence-electron chi connectivity index (χ0n) is 15.5. The first-order valence-electron chi connectivity index (χ1n) is 10.1. The standard InChI is InChI=1S/C23H29BrN2/c24-23-9-5-4-8-22(23)20-12-10-19(11-13-20)18-25-14-16-26(17-15-25)21-6-2-1-3-7-21/h4-5,8-13,21H,1-3,6-7,14-18H2. The summed E-state index contributed by atoms with van der Waals surface area (Å²) < 4.78 is 1.16. The van der Waals surface area contributed by atoms with E-state index in [1.54, 1.807) is 0 Å². The van der Waals surface area contributed by atoms with Gasteiger partial charge in [0.25, 0.3) is 0 Å². The zero-order valence-corrected chi connectivity index (χ0v) is 17.1. The van der Waals surface area contributed by atoms with E-state index >= 15 is 0 Å². The van der Waals surface area contributed by atoms with Gasteiger partial charge in [0.2, 0.25) is 0 Å². The van der Waals surface area contributed by atoms with Crippen molar-refractivity contribution in [3.63, 3.8) is 0 Å². The topological polar surface area (TPSA) is 6.48 Å². The summed E-state index contributed by atoms with van der Waals surface area (Å²) in [5.41, 5.74) is 3.97. The van der Waals surface area contributed by atoms with E-state index in [2.05, 4.69) is 74.3 Å². The van der Waals surface area contributed by atoms with E-state index in [1.807, 2.05) is 0 Å². The van der Waals surface area contributed by atoms with Crippen LogP contribution in [0.15, 0.2) is 53.0 Å². The number of hydrogen-bond acceptors (Lipinski definition) is 2. The van der Waals surface area contributed by atoms with Crippen LogP contribution in [0.2, 0.25) is 0 Å². The fourth-order valence-corrected chi connectivity index (χ4v) is 4.99. The summed E-state index contributed by atoms with van der Waals surface area (Å²) in [4.78, 5) is 5.37. The molecule has 2 fully saturated rings. The Morgan fingerprint density at radius 2 is 1.50 bits per heavy atom. The lowest BCUT2D eigenvalue weighted by Crippen LogP contribution is -2.50. The quantitative estimate of drug-likeness (QED) is 0.647. The molecule has 1 aliphatic carbocycles. The number of hydrogen-bond donors (Lipinski definition) is 0. The molecular formula is C23H29BrN2. The van der Waals surface area contributed by atoms with E-state index in [1.165, 1.54) is 75.0 Å². The Bertz CT molecular complexity index is 698. The third kappa shape index (κ3) is 4.39. The van der Waals surface area contributed by atoms with Gasteiger partial charge in [-0.2, -0.15) is 0 Å². The van der Waals surface area contributed by atoms with Crippen molar-refractivity contribution in [1.29, 1.82) is 0 Å². The average Bonchev–Trinajstić information content (AvgIpc) is 2.70. The van der Waals surface area contributed by atoms with Gasteiger partial charge in [0, 0.05) is 43.2 Å². The molecule has 1 aliphatic heterocycles. The molecule has 26 heavy (non-hydrogen) atoms. The van der Waals surface area contributed by atoms with Gasteiger partial charge in [-0.25, -0.2) is 0 Å². The Hall–Kier alpha value is -1.16. The van der Waals surface area contributed by atoms with Crippen LogP contribution < -0.4 is 0 Å². The normalized spacial score (nSPS) is 20.3. The molecule has 0 spiro atoms. The van der Waals surface area contributed by atoms with Gasteiger partial charge in [0.1, 0.15) is 0 Å². The second-order valence-corrected chi connectivity index (χ2v) is 8.64. The predicted molar refractivity (Wildman–Crippen MR) is 113 cm³/mol. The molecule has 2 aromatic carbocycles. The van der Waals surface area contributed by atoms with Gasteiger partial charge in [-0.1, -0.05) is 77.7 Å². The number of benzene rings is 2. The molecule has 138 valence electrons. The molecular weight excluding hydrogens is 384 g/mol. The van der Waals surface area contributed by atoms with Gasteiger partial charge in [0.15, 0.2) is 0 Å². The van der Waals surface area contributed by atoms with Crippen LogP contribution in [-0.4, -0.2) is 42.0 Å². The van der Waals surface area contributed by atoms with Crippen LogP contribution in [0.25, 0.3) is 11.1 Å². The van der Waals surface area contributed by atoms with Crippen molar-refractivity contribution in [3.8, 4) is 11.1 Å². The average molecular weight is 413 g/mol. The van der Waals surface area contributed by atoms with Crippen LogP contribution in [0.4, 0.5) is 0 Å². The third-order valence-corrected chi connectivity index (χ3v) is 6.73. The summed E-state index contributed by atoms with van der Waals surface area (Å²) >= 11 is 3.66. The molecule has 1 saturated carbocycles. The first-order valence-corrected chi connectivity index (χ1v) is 10.9. The Morgan fingerprint density at radius 1 is 0.808 bits per heavy atom. The van der Waals surface area contributed by atoms with Gasteiger partial charge >= 0.3 is 0 Å². The van der Waals surface area contributed by atoms with E-state index in [4.69, 9.17) is 0 Å². The van der Waals surface area contributed by atoms with Crippen molar-refractivity contribution in [2.75, 3.05) is 26.2 Å². The van der Waals surface area contributed by atoms with E-state index in [0.717, 1.165) is 17.1 Å². The van der Waals surface area contributed by atoms with E-state index in [0.29, 0.717) is 0 Å². The van der Waals surface area contributed by atoms with Crippen molar-refractivity contribution in [2.24, 2.45) is 0 Å². The number of rotatable bonds is 4. The predicted octanol–water partition coefficient (Wildman–Crippen LogP) is 5.57. The fourth-order valence-electron chi connectivity index (χ4n) is 4.48. The van der Waals surface area contributed by atoms with E-state index in [9.17, 15) is 0 Å². The molecule has 4 rings (SSSR count). The van der Waals surface area contributed by atoms with Crippen molar-refractivity contribution in [3.05, 3.63) is 58.6 Å². The molecule has 2 aromatic rings. The van der Waals surface area contributed by atoms with E-state index in [-0.39, 0.29) is 0 Å². The Labute approximate surface area is 166 Å². The van der Waals surface area contributed by atoms with Crippen LogP contribution in [0.1, 0.15) is 37.7 Å². The molecule has 1 saturated heterocycles. The molecule has 0 bridgehead atoms. The molecule has 0 N–H and O–H groups in total. The van der Waals surface area contributed by atoms with Gasteiger partial charge in [-0.05, 0) is 35.6 Å². The minimum atomic E-state index is 0.870. The summed E-state index contributed by atoms with van der Waals surface area (Å²) in [5.74, 6) is 0. The minimum Gasteiger partial charge on any atom is -0.298 e. The Balaban J connectivity index is 1.32. The van der Waals surface area contributed by atoms with Gasteiger partial charge in [0.05, 0.1) is 0 Å². The summed E-state index contributed by atoms with van der Waals surface area (Å²) in [7, 11) is 0. The molecule has 0 unspecified atom stereocenters. The van der Waals surface area contributed by atoms with E-state index < -0.39 is 0 Å². The van der Waals surface area contributed by atoms with Crippen molar-refractivity contribution in [2.45, 2.75) is 44.7 Å². The molecule has 2 aliphatic rings. The Kier molecular flexibility index (Phi) is 6.08. The lowest BCUT2D eigenvalue weighted by Gasteiger charge is -2.40. The van der Waals surface area contributed by atoms with Crippen molar-refractivity contribution < 1.29 is 0 Å². The first kappa shape index (κ1) is 18.2. The fraction of sp³-hybridized carbons (Fsp3) is 0.478. The maximum atomic E-state index is 3.66. The molecule has 1 heterocycles. The summed E-state index contributed by atoms with van der Waals surface area (Å²) in [6.45, 7) is 6.00. The highest BCUT2D eigenvalue weighted by atomic mass is 79.9. The van der Waals surface area contributed by atoms with Gasteiger partial charge < -0.3 is 0 Å². The second-order valence-electron chi connectivity index (χ2n) is 7.78. The number of piperazine rings is 1. The van der Waals surface area contributed by atoms with Gasteiger partial charge in [-0.15, -0.1) is 0 Å². The third-order valence-electron chi connectivity index (χ3n) is 6.04. The highest BCUT2D eigenvalue weighted by molar-refractivity contribution is 9.10. The van der Waals surface area contributed by atoms with Crippen LogP contribution in [0.5, 0.6) is 0 Å². The van der Waals surface area contributed by atoms with Gasteiger partial charge in [-0.3, -0.25) is 9.80 Å². The highest BCUT2D eigenvalue weighted by Crippen LogP contribution is 2.28. The maximum absolute atomic E-state index is 3.66. The first-order chi connectivity index (χ1) is 12.8. The Morgan fingerprint density at radius 3 is 2.19 bits per heavy atom. The maximum Gasteiger partial charge on any atom is 0.0253 e. The molecule has 0 amide bonds. The van der Waals surface area contributed by atoms with Crippen LogP contribution in [0.3, 0.4) is 0 Å². The SMILES string of the molecule is Brc1ccccc1-c1ccc(CN2CCN(C3CCCCC3)CC2)cc1. The van der Waals surface area contributed by atoms with Crippen LogP contribution >= 0.6 is 15.9 Å². The molecule has 0 atom stereocenters. The summed E-state index contributed by atoms with van der Waals surface area (Å²) in [5, 5.41) is 0. The monoisotopic (exact) mass is 412 g/mol. The zero-order chi connectivity index (χ0) is 17.8. The van der Waals surface area contributed by atoms with Crippen molar-refractivity contribution >= 4 is 15.9 Å². The van der Waals surface area contributed by atoms with Crippen LogP contribution in [0, 0.1) is 0 Å².